The van der Waals surface area contributed by atoms with Crippen molar-refractivity contribution in [2.45, 2.75) is 45.6 Å². The van der Waals surface area contributed by atoms with Crippen molar-refractivity contribution in [1.82, 2.24) is 4.90 Å². The van der Waals surface area contributed by atoms with E-state index >= 15 is 0 Å². The molecule has 1 amide bonds. The minimum atomic E-state index is -0.902. The summed E-state index contributed by atoms with van der Waals surface area (Å²) >= 11 is 0. The minimum absolute atomic E-state index is 0.0508. The Morgan fingerprint density at radius 1 is 1.33 bits per heavy atom. The monoisotopic (exact) mass is 254 g/mol. The number of amides is 1. The molecular formula is C13H22N2O3. The zero-order valence-electron chi connectivity index (χ0n) is 11.1. The number of carboxylic acids is 1. The quantitative estimate of drug-likeness (QED) is 0.781. The van der Waals surface area contributed by atoms with Crippen LogP contribution in [0.1, 0.15) is 39.5 Å². The zero-order valence-corrected chi connectivity index (χ0v) is 11.1. The van der Waals surface area contributed by atoms with Crippen LogP contribution in [0.4, 0.5) is 0 Å². The van der Waals surface area contributed by atoms with Gasteiger partial charge in [-0.1, -0.05) is 13.8 Å². The Balaban J connectivity index is 2.25. The molecule has 2 rings (SSSR count). The molecule has 5 heteroatoms. The van der Waals surface area contributed by atoms with Crippen molar-refractivity contribution in [1.29, 1.82) is 0 Å². The number of piperidine rings is 1. The molecule has 1 atom stereocenters. The van der Waals surface area contributed by atoms with Crippen LogP contribution in [0.25, 0.3) is 0 Å². The largest absolute Gasteiger partial charge is 0.480 e. The standard InChI is InChI=1S/C13H22N2O3/c1-12(2)4-3-7-15(9(12)10(16)17)11(18)13(8-14)5-6-13/h9H,3-8,14H2,1-2H3,(H,16,17). The summed E-state index contributed by atoms with van der Waals surface area (Å²) in [4.78, 5) is 25.6. The molecular weight excluding hydrogens is 232 g/mol. The van der Waals surface area contributed by atoms with Crippen LogP contribution in [0, 0.1) is 10.8 Å². The number of carbonyl (C=O) groups excluding carboxylic acids is 1. The van der Waals surface area contributed by atoms with E-state index in [-0.39, 0.29) is 11.3 Å². The fraction of sp³-hybridized carbons (Fsp3) is 0.846. The first-order valence-electron chi connectivity index (χ1n) is 6.58. The number of hydrogen-bond donors (Lipinski definition) is 2. The summed E-state index contributed by atoms with van der Waals surface area (Å²) in [6.45, 7) is 4.72. The number of nitrogens with two attached hydrogens (primary N) is 1. The van der Waals surface area contributed by atoms with Crippen molar-refractivity contribution in [3.8, 4) is 0 Å². The molecule has 1 saturated carbocycles. The minimum Gasteiger partial charge on any atom is -0.480 e. The van der Waals surface area contributed by atoms with Crippen LogP contribution >= 0.6 is 0 Å². The van der Waals surface area contributed by atoms with Gasteiger partial charge in [0.05, 0.1) is 5.41 Å². The van der Waals surface area contributed by atoms with Crippen molar-refractivity contribution < 1.29 is 14.7 Å². The molecule has 1 unspecified atom stereocenters. The van der Waals surface area contributed by atoms with E-state index < -0.39 is 17.4 Å². The smallest absolute Gasteiger partial charge is 0.326 e. The van der Waals surface area contributed by atoms with Crippen molar-refractivity contribution in [3.05, 3.63) is 0 Å². The van der Waals surface area contributed by atoms with Gasteiger partial charge in [-0.25, -0.2) is 4.79 Å². The SMILES string of the molecule is CC1(C)CCCN(C(=O)C2(CN)CC2)C1C(=O)O. The average Bonchev–Trinajstić information content (AvgIpc) is 3.06. The number of nitrogens with zero attached hydrogens (tertiary/aromatic N) is 1. The first kappa shape index (κ1) is 13.3. The average molecular weight is 254 g/mol. The Kier molecular flexibility index (Phi) is 3.13. The second kappa shape index (κ2) is 4.23. The first-order chi connectivity index (χ1) is 8.34. The van der Waals surface area contributed by atoms with Gasteiger partial charge in [0, 0.05) is 13.1 Å². The molecule has 0 bridgehead atoms. The summed E-state index contributed by atoms with van der Waals surface area (Å²) < 4.78 is 0. The highest BCUT2D eigenvalue weighted by Crippen LogP contribution is 2.48. The van der Waals surface area contributed by atoms with Gasteiger partial charge in [-0.15, -0.1) is 0 Å². The molecule has 0 aromatic carbocycles. The van der Waals surface area contributed by atoms with Crippen molar-refractivity contribution in [3.63, 3.8) is 0 Å². The molecule has 1 aliphatic carbocycles. The molecule has 3 N–H and O–H groups in total. The van der Waals surface area contributed by atoms with Crippen molar-refractivity contribution >= 4 is 11.9 Å². The van der Waals surface area contributed by atoms with Gasteiger partial charge >= 0.3 is 5.97 Å². The molecule has 18 heavy (non-hydrogen) atoms. The highest BCUT2D eigenvalue weighted by atomic mass is 16.4. The van der Waals surface area contributed by atoms with E-state index in [4.69, 9.17) is 5.73 Å². The van der Waals surface area contributed by atoms with Gasteiger partial charge in [0.2, 0.25) is 5.91 Å². The van der Waals surface area contributed by atoms with Crippen LogP contribution in [-0.2, 0) is 9.59 Å². The molecule has 2 fully saturated rings. The molecule has 0 spiro atoms. The lowest BCUT2D eigenvalue weighted by atomic mass is 9.76. The molecule has 1 heterocycles. The van der Waals surface area contributed by atoms with E-state index in [1.807, 2.05) is 13.8 Å². The number of carbonyl (C=O) groups is 2. The van der Waals surface area contributed by atoms with E-state index in [9.17, 15) is 14.7 Å². The third-order valence-corrected chi connectivity index (χ3v) is 4.46. The highest BCUT2D eigenvalue weighted by molar-refractivity contribution is 5.90. The van der Waals surface area contributed by atoms with Gasteiger partial charge in [-0.05, 0) is 31.1 Å². The summed E-state index contributed by atoms with van der Waals surface area (Å²) in [6, 6.07) is -0.720. The number of rotatable bonds is 3. The zero-order chi connectivity index (χ0) is 13.6. The Bertz CT molecular complexity index is 374. The molecule has 1 aliphatic heterocycles. The number of likely N-dealkylation sites (tertiary alicyclic amines) is 1. The van der Waals surface area contributed by atoms with E-state index in [1.165, 1.54) is 0 Å². The fourth-order valence-electron chi connectivity index (χ4n) is 3.04. The lowest BCUT2D eigenvalue weighted by Gasteiger charge is -2.45. The second-order valence-corrected chi connectivity index (χ2v) is 6.32. The van der Waals surface area contributed by atoms with Gasteiger partial charge in [0.25, 0.3) is 0 Å². The van der Waals surface area contributed by atoms with E-state index in [2.05, 4.69) is 0 Å². The maximum absolute atomic E-state index is 12.5. The molecule has 102 valence electrons. The topological polar surface area (TPSA) is 83.6 Å². The predicted octanol–water partition coefficient (Wildman–Crippen LogP) is 0.827. The predicted molar refractivity (Wildman–Crippen MR) is 66.9 cm³/mol. The second-order valence-electron chi connectivity index (χ2n) is 6.32. The van der Waals surface area contributed by atoms with Crippen molar-refractivity contribution in [2.24, 2.45) is 16.6 Å². The van der Waals surface area contributed by atoms with Crippen LogP contribution in [0.2, 0.25) is 0 Å². The summed E-state index contributed by atoms with van der Waals surface area (Å²) in [6.07, 6.45) is 3.30. The van der Waals surface area contributed by atoms with E-state index in [0.29, 0.717) is 13.1 Å². The Morgan fingerprint density at radius 2 is 1.94 bits per heavy atom. The van der Waals surface area contributed by atoms with E-state index in [1.54, 1.807) is 4.90 Å². The van der Waals surface area contributed by atoms with Crippen LogP contribution in [-0.4, -0.2) is 41.0 Å². The highest BCUT2D eigenvalue weighted by Gasteiger charge is 2.55. The summed E-state index contributed by atoms with van der Waals surface area (Å²) in [5.41, 5.74) is 4.84. The fourth-order valence-corrected chi connectivity index (χ4v) is 3.04. The van der Waals surface area contributed by atoms with Gasteiger partial charge < -0.3 is 15.7 Å². The van der Waals surface area contributed by atoms with Gasteiger partial charge in [-0.2, -0.15) is 0 Å². The molecule has 2 aliphatic rings. The maximum Gasteiger partial charge on any atom is 0.326 e. The lowest BCUT2D eigenvalue weighted by molar-refractivity contribution is -0.161. The summed E-state index contributed by atoms with van der Waals surface area (Å²) in [5.74, 6) is -0.953. The number of hydrogen-bond acceptors (Lipinski definition) is 3. The van der Waals surface area contributed by atoms with Crippen molar-refractivity contribution in [2.75, 3.05) is 13.1 Å². The molecule has 1 saturated heterocycles. The van der Waals surface area contributed by atoms with E-state index in [0.717, 1.165) is 25.7 Å². The van der Waals surface area contributed by atoms with Gasteiger partial charge in [0.15, 0.2) is 0 Å². The maximum atomic E-state index is 12.5. The number of aliphatic carboxylic acids is 1. The Hall–Kier alpha value is -1.10. The van der Waals surface area contributed by atoms with Gasteiger partial charge in [-0.3, -0.25) is 4.79 Å². The molecule has 0 radical (unpaired) electrons. The Labute approximate surface area is 107 Å². The number of carboxylic acid groups (broad SMARTS) is 1. The molecule has 0 aromatic rings. The molecule has 5 nitrogen and oxygen atoms in total. The van der Waals surface area contributed by atoms with Crippen LogP contribution in [0.15, 0.2) is 0 Å². The normalized spacial score (nSPS) is 28.8. The van der Waals surface area contributed by atoms with Gasteiger partial charge in [0.1, 0.15) is 6.04 Å². The van der Waals surface area contributed by atoms with Crippen LogP contribution in [0.3, 0.4) is 0 Å². The summed E-state index contributed by atoms with van der Waals surface area (Å²) in [5, 5.41) is 9.43. The van der Waals surface area contributed by atoms with Crippen LogP contribution in [0.5, 0.6) is 0 Å². The Morgan fingerprint density at radius 3 is 2.39 bits per heavy atom. The first-order valence-corrected chi connectivity index (χ1v) is 6.58. The third-order valence-electron chi connectivity index (χ3n) is 4.46. The molecule has 0 aromatic heterocycles. The van der Waals surface area contributed by atoms with Crippen LogP contribution < -0.4 is 5.73 Å². The lowest BCUT2D eigenvalue weighted by Crippen LogP contribution is -2.58. The third kappa shape index (κ3) is 2.00. The summed E-state index contributed by atoms with van der Waals surface area (Å²) in [7, 11) is 0.